The second-order valence-electron chi connectivity index (χ2n) is 6.07. The van der Waals surface area contributed by atoms with Crippen molar-refractivity contribution in [2.24, 2.45) is 0 Å². The third kappa shape index (κ3) is 6.33. The monoisotopic (exact) mass is 391 g/mol. The first-order chi connectivity index (χ1) is 12.9. The lowest BCUT2D eigenvalue weighted by molar-refractivity contribution is -0.142. The summed E-state index contributed by atoms with van der Waals surface area (Å²) in [5.74, 6) is -0.221. The number of carbonyl (C=O) groups excluding carboxylic acids is 1. The van der Waals surface area contributed by atoms with Crippen molar-refractivity contribution in [1.82, 2.24) is 15.2 Å². The maximum atomic E-state index is 11.4. The molecule has 0 radical (unpaired) electrons. The number of nitrogens with zero attached hydrogens (tertiary/aromatic N) is 2. The highest BCUT2D eigenvalue weighted by atomic mass is 32.1. The van der Waals surface area contributed by atoms with Crippen molar-refractivity contribution in [2.75, 3.05) is 19.7 Å². The molecule has 0 bridgehead atoms. The van der Waals surface area contributed by atoms with Crippen molar-refractivity contribution in [2.45, 2.75) is 33.4 Å². The minimum atomic E-state index is -0.903. The Morgan fingerprint density at radius 1 is 1.33 bits per heavy atom. The molecule has 0 saturated heterocycles. The number of nitrogens with one attached hydrogen (secondary N) is 1. The fourth-order valence-electron chi connectivity index (χ4n) is 2.52. The van der Waals surface area contributed by atoms with Gasteiger partial charge in [0.1, 0.15) is 16.8 Å². The van der Waals surface area contributed by atoms with Crippen LogP contribution in [0.4, 0.5) is 0 Å². The largest absolute Gasteiger partial charge is 0.494 e. The van der Waals surface area contributed by atoms with E-state index in [4.69, 9.17) is 4.74 Å². The topological polar surface area (TPSA) is 91.8 Å². The van der Waals surface area contributed by atoms with E-state index in [0.717, 1.165) is 22.0 Å². The fourth-order valence-corrected chi connectivity index (χ4v) is 3.34. The average Bonchev–Trinajstić information content (AvgIpc) is 3.09. The zero-order chi connectivity index (χ0) is 19.8. The molecule has 1 unspecified atom stereocenters. The second kappa shape index (κ2) is 10.0. The number of amides is 1. The fraction of sp³-hybridized carbons (Fsp3) is 0.421. The van der Waals surface area contributed by atoms with Gasteiger partial charge in [0, 0.05) is 37.5 Å². The van der Waals surface area contributed by atoms with Crippen LogP contribution in [0.5, 0.6) is 5.75 Å². The quantitative estimate of drug-likeness (QED) is 0.647. The molecule has 0 aliphatic heterocycles. The van der Waals surface area contributed by atoms with Crippen molar-refractivity contribution in [1.29, 1.82) is 0 Å². The molecule has 2 N–H and O–H groups in total. The summed E-state index contributed by atoms with van der Waals surface area (Å²) >= 11 is 1.52. The molecule has 2 aromatic rings. The number of carboxylic acids is 1. The number of rotatable bonds is 10. The van der Waals surface area contributed by atoms with Crippen LogP contribution in [-0.4, -0.2) is 52.6 Å². The summed E-state index contributed by atoms with van der Waals surface area (Å²) in [5.41, 5.74) is 1.80. The lowest BCUT2D eigenvalue weighted by Crippen LogP contribution is -2.42. The maximum Gasteiger partial charge on any atom is 0.320 e. The minimum absolute atomic E-state index is 0.135. The summed E-state index contributed by atoms with van der Waals surface area (Å²) < 4.78 is 5.45. The summed E-state index contributed by atoms with van der Waals surface area (Å²) in [6.07, 6.45) is 0. The minimum Gasteiger partial charge on any atom is -0.494 e. The first-order valence-corrected chi connectivity index (χ1v) is 9.67. The lowest BCUT2D eigenvalue weighted by atomic mass is 10.2. The predicted molar refractivity (Wildman–Crippen MR) is 105 cm³/mol. The van der Waals surface area contributed by atoms with Crippen molar-refractivity contribution in [3.8, 4) is 16.3 Å². The Labute approximate surface area is 163 Å². The Morgan fingerprint density at radius 3 is 2.63 bits per heavy atom. The molecule has 146 valence electrons. The van der Waals surface area contributed by atoms with E-state index in [1.807, 2.05) is 36.6 Å². The van der Waals surface area contributed by atoms with Crippen molar-refractivity contribution < 1.29 is 19.4 Å². The first-order valence-electron chi connectivity index (χ1n) is 8.79. The molecule has 2 rings (SSSR count). The van der Waals surface area contributed by atoms with Gasteiger partial charge >= 0.3 is 5.97 Å². The van der Waals surface area contributed by atoms with E-state index in [1.54, 1.807) is 11.8 Å². The van der Waals surface area contributed by atoms with Gasteiger partial charge in [-0.1, -0.05) is 0 Å². The number of hydrogen-bond donors (Lipinski definition) is 2. The van der Waals surface area contributed by atoms with Gasteiger partial charge in [-0.25, -0.2) is 4.98 Å². The Kier molecular flexibility index (Phi) is 7.75. The third-order valence-electron chi connectivity index (χ3n) is 4.01. The van der Waals surface area contributed by atoms with Crippen LogP contribution < -0.4 is 10.1 Å². The van der Waals surface area contributed by atoms with E-state index in [1.165, 1.54) is 18.3 Å². The standard InChI is InChI=1S/C19H25N3O4S/c1-4-26-17-7-5-15(6-8-17)18-21-16(12-27-18)11-22(13(2)19(24)25)10-9-20-14(3)23/h5-8,12-13H,4,9-11H2,1-3H3,(H,20,23)(H,24,25). The third-order valence-corrected chi connectivity index (χ3v) is 4.95. The molecule has 0 aliphatic rings. The zero-order valence-corrected chi connectivity index (χ0v) is 16.6. The highest BCUT2D eigenvalue weighted by Crippen LogP contribution is 2.26. The molecule has 7 nitrogen and oxygen atoms in total. The number of aliphatic carboxylic acids is 1. The van der Waals surface area contributed by atoms with Gasteiger partial charge in [0.15, 0.2) is 0 Å². The number of carbonyl (C=O) groups is 2. The van der Waals surface area contributed by atoms with Crippen LogP contribution in [0, 0.1) is 0 Å². The van der Waals surface area contributed by atoms with Crippen LogP contribution in [0.1, 0.15) is 26.5 Å². The number of benzene rings is 1. The Balaban J connectivity index is 2.07. The van der Waals surface area contributed by atoms with E-state index >= 15 is 0 Å². The summed E-state index contributed by atoms with van der Waals surface area (Å²) in [5, 5.41) is 14.8. The molecule has 1 atom stereocenters. The van der Waals surface area contributed by atoms with E-state index in [2.05, 4.69) is 10.3 Å². The van der Waals surface area contributed by atoms with E-state index in [9.17, 15) is 14.7 Å². The van der Waals surface area contributed by atoms with Gasteiger partial charge < -0.3 is 15.2 Å². The predicted octanol–water partition coefficient (Wildman–Crippen LogP) is 2.62. The van der Waals surface area contributed by atoms with Crippen LogP contribution in [0.2, 0.25) is 0 Å². The van der Waals surface area contributed by atoms with Gasteiger partial charge in [0.25, 0.3) is 0 Å². The average molecular weight is 391 g/mol. The Morgan fingerprint density at radius 2 is 2.04 bits per heavy atom. The van der Waals surface area contributed by atoms with Gasteiger partial charge in [-0.3, -0.25) is 14.5 Å². The van der Waals surface area contributed by atoms with Gasteiger partial charge in [0.2, 0.25) is 5.91 Å². The van der Waals surface area contributed by atoms with Crippen LogP contribution in [-0.2, 0) is 16.1 Å². The molecule has 8 heteroatoms. The molecule has 1 heterocycles. The van der Waals surface area contributed by atoms with Crippen LogP contribution >= 0.6 is 11.3 Å². The van der Waals surface area contributed by atoms with Crippen molar-refractivity contribution >= 4 is 23.2 Å². The van der Waals surface area contributed by atoms with Gasteiger partial charge in [-0.15, -0.1) is 11.3 Å². The van der Waals surface area contributed by atoms with Crippen LogP contribution in [0.3, 0.4) is 0 Å². The molecule has 0 spiro atoms. The van der Waals surface area contributed by atoms with Gasteiger partial charge in [-0.2, -0.15) is 0 Å². The number of ether oxygens (including phenoxy) is 1. The number of carboxylic acid groups (broad SMARTS) is 1. The van der Waals surface area contributed by atoms with Crippen molar-refractivity contribution in [3.05, 3.63) is 35.3 Å². The van der Waals surface area contributed by atoms with Crippen LogP contribution in [0.25, 0.3) is 10.6 Å². The molecule has 0 saturated carbocycles. The van der Waals surface area contributed by atoms with E-state index in [-0.39, 0.29) is 5.91 Å². The van der Waals surface area contributed by atoms with Gasteiger partial charge in [0.05, 0.1) is 12.3 Å². The summed E-state index contributed by atoms with van der Waals surface area (Å²) in [4.78, 5) is 28.9. The summed E-state index contributed by atoms with van der Waals surface area (Å²) in [6.45, 7) is 6.87. The lowest BCUT2D eigenvalue weighted by Gasteiger charge is -2.25. The number of aromatic nitrogens is 1. The van der Waals surface area contributed by atoms with E-state index in [0.29, 0.717) is 26.2 Å². The summed E-state index contributed by atoms with van der Waals surface area (Å²) in [7, 11) is 0. The molecule has 1 aromatic heterocycles. The normalized spacial score (nSPS) is 12.0. The smallest absolute Gasteiger partial charge is 0.320 e. The molecular formula is C19H25N3O4S. The number of hydrogen-bond acceptors (Lipinski definition) is 6. The molecule has 27 heavy (non-hydrogen) atoms. The van der Waals surface area contributed by atoms with Crippen molar-refractivity contribution in [3.63, 3.8) is 0 Å². The Bertz CT molecular complexity index is 761. The molecule has 0 fully saturated rings. The maximum absolute atomic E-state index is 11.4. The molecule has 0 aliphatic carbocycles. The summed E-state index contributed by atoms with van der Waals surface area (Å²) in [6, 6.07) is 7.07. The SMILES string of the molecule is CCOc1ccc(-c2nc(CN(CCNC(C)=O)C(C)C(=O)O)cs2)cc1. The number of thiazole rings is 1. The molecule has 1 aromatic carbocycles. The van der Waals surface area contributed by atoms with E-state index < -0.39 is 12.0 Å². The zero-order valence-electron chi connectivity index (χ0n) is 15.8. The second-order valence-corrected chi connectivity index (χ2v) is 6.93. The highest BCUT2D eigenvalue weighted by Gasteiger charge is 2.21. The molecule has 1 amide bonds. The highest BCUT2D eigenvalue weighted by molar-refractivity contribution is 7.13. The first kappa shape index (κ1) is 20.9. The van der Waals surface area contributed by atoms with Gasteiger partial charge in [-0.05, 0) is 38.1 Å². The van der Waals surface area contributed by atoms with Crippen LogP contribution in [0.15, 0.2) is 29.6 Å². The molecular weight excluding hydrogens is 366 g/mol. The Hall–Kier alpha value is -2.45.